The molecule has 1 aliphatic rings. The molecular weight excluding hydrogens is 511 g/mol. The molecule has 0 unspecified atom stereocenters. The fourth-order valence-electron chi connectivity index (χ4n) is 2.22. The number of halogens is 2. The molecule has 1 aromatic rings. The van der Waals surface area contributed by atoms with Crippen molar-refractivity contribution in [3.05, 3.63) is 28.2 Å². The van der Waals surface area contributed by atoms with Crippen LogP contribution in [0.2, 0.25) is 0 Å². The highest BCUT2D eigenvalue weighted by molar-refractivity contribution is 14.0. The molecule has 1 aliphatic carbocycles. The van der Waals surface area contributed by atoms with E-state index >= 15 is 0 Å². The lowest BCUT2D eigenvalue weighted by Crippen LogP contribution is -2.41. The SMILES string of the molecule is CN=C(NCCCOCC1CC1)NCC(=O)Nc1cc(Br)ccc1C.I. The Morgan fingerprint density at radius 3 is 2.81 bits per heavy atom. The standard InChI is InChI=1S/C18H27BrN4O2.HI/c1-13-4-7-15(19)10-16(13)23-17(24)11-22-18(20-2)21-8-3-9-25-12-14-5-6-14;/h4,7,10,14H,3,5-6,8-9,11-12H2,1-2H3,(H,23,24)(H2,20,21,22);1H. The van der Waals surface area contributed by atoms with Crippen molar-refractivity contribution < 1.29 is 9.53 Å². The number of aryl methyl sites for hydroxylation is 1. The highest BCUT2D eigenvalue weighted by Gasteiger charge is 2.20. The van der Waals surface area contributed by atoms with E-state index < -0.39 is 0 Å². The largest absolute Gasteiger partial charge is 0.381 e. The van der Waals surface area contributed by atoms with Crippen LogP contribution in [0.3, 0.4) is 0 Å². The molecule has 0 aromatic heterocycles. The van der Waals surface area contributed by atoms with Crippen LogP contribution >= 0.6 is 39.9 Å². The van der Waals surface area contributed by atoms with Gasteiger partial charge in [-0.3, -0.25) is 9.79 Å². The predicted molar refractivity (Wildman–Crippen MR) is 120 cm³/mol. The first-order chi connectivity index (χ1) is 12.1. The van der Waals surface area contributed by atoms with Crippen molar-refractivity contribution in [2.75, 3.05) is 38.7 Å². The van der Waals surface area contributed by atoms with Crippen LogP contribution in [-0.2, 0) is 9.53 Å². The zero-order valence-electron chi connectivity index (χ0n) is 15.3. The zero-order chi connectivity index (χ0) is 18.1. The van der Waals surface area contributed by atoms with Crippen molar-refractivity contribution in [1.29, 1.82) is 0 Å². The Labute approximate surface area is 181 Å². The number of aliphatic imine (C=N–C) groups is 1. The summed E-state index contributed by atoms with van der Waals surface area (Å²) < 4.78 is 6.52. The first-order valence-corrected chi connectivity index (χ1v) is 9.46. The second-order valence-corrected chi connectivity index (χ2v) is 7.15. The van der Waals surface area contributed by atoms with Gasteiger partial charge in [-0.1, -0.05) is 22.0 Å². The molecule has 1 aromatic carbocycles. The number of rotatable bonds is 9. The van der Waals surface area contributed by atoms with E-state index in [1.165, 1.54) is 12.8 Å². The first-order valence-electron chi connectivity index (χ1n) is 8.66. The van der Waals surface area contributed by atoms with Gasteiger partial charge in [0.25, 0.3) is 0 Å². The van der Waals surface area contributed by atoms with Crippen molar-refractivity contribution in [3.63, 3.8) is 0 Å². The highest BCUT2D eigenvalue weighted by atomic mass is 127. The number of ether oxygens (including phenoxy) is 1. The molecule has 0 radical (unpaired) electrons. The third-order valence-corrected chi connectivity index (χ3v) is 4.42. The molecule has 146 valence electrons. The van der Waals surface area contributed by atoms with Gasteiger partial charge < -0.3 is 20.7 Å². The van der Waals surface area contributed by atoms with Gasteiger partial charge in [-0.25, -0.2) is 0 Å². The summed E-state index contributed by atoms with van der Waals surface area (Å²) in [6.07, 6.45) is 3.55. The summed E-state index contributed by atoms with van der Waals surface area (Å²) in [5.41, 5.74) is 1.82. The van der Waals surface area contributed by atoms with Crippen molar-refractivity contribution >= 4 is 57.5 Å². The van der Waals surface area contributed by atoms with Crippen molar-refractivity contribution in [2.24, 2.45) is 10.9 Å². The molecule has 26 heavy (non-hydrogen) atoms. The maximum atomic E-state index is 12.1. The van der Waals surface area contributed by atoms with E-state index in [9.17, 15) is 4.79 Å². The highest BCUT2D eigenvalue weighted by Crippen LogP contribution is 2.28. The molecule has 1 saturated carbocycles. The van der Waals surface area contributed by atoms with E-state index in [0.29, 0.717) is 5.96 Å². The van der Waals surface area contributed by atoms with Crippen molar-refractivity contribution in [3.8, 4) is 0 Å². The van der Waals surface area contributed by atoms with Crippen molar-refractivity contribution in [2.45, 2.75) is 26.2 Å². The Hall–Kier alpha value is -0.870. The number of guanidine groups is 1. The van der Waals surface area contributed by atoms with E-state index in [1.54, 1.807) is 7.05 Å². The van der Waals surface area contributed by atoms with Gasteiger partial charge in [0.15, 0.2) is 5.96 Å². The molecule has 0 spiro atoms. The molecule has 0 bridgehead atoms. The van der Waals surface area contributed by atoms with Crippen LogP contribution < -0.4 is 16.0 Å². The number of nitrogens with zero attached hydrogens (tertiary/aromatic N) is 1. The molecular formula is C18H28BrIN4O2. The van der Waals surface area contributed by atoms with E-state index in [4.69, 9.17) is 4.74 Å². The molecule has 8 heteroatoms. The van der Waals surface area contributed by atoms with Gasteiger partial charge >= 0.3 is 0 Å². The smallest absolute Gasteiger partial charge is 0.243 e. The molecule has 6 nitrogen and oxygen atoms in total. The van der Waals surface area contributed by atoms with E-state index in [2.05, 4.69) is 36.9 Å². The van der Waals surface area contributed by atoms with Gasteiger partial charge in [0.2, 0.25) is 5.91 Å². The minimum absolute atomic E-state index is 0. The van der Waals surface area contributed by atoms with Gasteiger partial charge in [-0.2, -0.15) is 0 Å². The topological polar surface area (TPSA) is 74.8 Å². The number of carbonyl (C=O) groups excluding carboxylic acids is 1. The molecule has 0 heterocycles. The van der Waals surface area contributed by atoms with Gasteiger partial charge in [-0.15, -0.1) is 24.0 Å². The lowest BCUT2D eigenvalue weighted by molar-refractivity contribution is -0.115. The summed E-state index contributed by atoms with van der Waals surface area (Å²) in [7, 11) is 1.69. The summed E-state index contributed by atoms with van der Waals surface area (Å²) in [6.45, 7) is 4.52. The normalized spacial score (nSPS) is 13.7. The predicted octanol–water partition coefficient (Wildman–Crippen LogP) is 3.30. The molecule has 0 atom stereocenters. The molecule has 0 aliphatic heterocycles. The van der Waals surface area contributed by atoms with E-state index in [-0.39, 0.29) is 36.4 Å². The Morgan fingerprint density at radius 1 is 1.35 bits per heavy atom. The van der Waals surface area contributed by atoms with E-state index in [1.807, 2.05) is 25.1 Å². The average molecular weight is 539 g/mol. The van der Waals surface area contributed by atoms with Gasteiger partial charge in [0.05, 0.1) is 6.54 Å². The Kier molecular flexibility index (Phi) is 11.1. The summed E-state index contributed by atoms with van der Waals surface area (Å²) in [5, 5.41) is 9.10. The summed E-state index contributed by atoms with van der Waals surface area (Å²) in [5.74, 6) is 1.30. The number of nitrogens with one attached hydrogen (secondary N) is 3. The monoisotopic (exact) mass is 538 g/mol. The second kappa shape index (κ2) is 12.5. The zero-order valence-corrected chi connectivity index (χ0v) is 19.2. The number of benzene rings is 1. The minimum atomic E-state index is -0.114. The average Bonchev–Trinajstić information content (AvgIpc) is 3.41. The third-order valence-electron chi connectivity index (χ3n) is 3.92. The number of hydrogen-bond donors (Lipinski definition) is 3. The van der Waals surface area contributed by atoms with Crippen LogP contribution in [-0.4, -0.2) is 45.2 Å². The van der Waals surface area contributed by atoms with Crippen molar-refractivity contribution in [1.82, 2.24) is 10.6 Å². The Bertz CT molecular complexity index is 609. The fraction of sp³-hybridized carbons (Fsp3) is 0.556. The summed E-state index contributed by atoms with van der Waals surface area (Å²) in [6, 6.07) is 5.80. The molecule has 0 saturated heterocycles. The second-order valence-electron chi connectivity index (χ2n) is 6.23. The van der Waals surface area contributed by atoms with Gasteiger partial charge in [0, 0.05) is 37.0 Å². The lowest BCUT2D eigenvalue weighted by Gasteiger charge is -2.13. The molecule has 2 rings (SSSR count). The summed E-state index contributed by atoms with van der Waals surface area (Å²) >= 11 is 3.41. The first kappa shape index (κ1) is 23.2. The van der Waals surface area contributed by atoms with Crippen LogP contribution in [0, 0.1) is 12.8 Å². The maximum Gasteiger partial charge on any atom is 0.243 e. The van der Waals surface area contributed by atoms with Crippen LogP contribution in [0.15, 0.2) is 27.7 Å². The van der Waals surface area contributed by atoms with Crippen LogP contribution in [0.4, 0.5) is 5.69 Å². The molecule has 1 fully saturated rings. The number of amides is 1. The maximum absolute atomic E-state index is 12.1. The number of carbonyl (C=O) groups is 1. The van der Waals surface area contributed by atoms with Crippen LogP contribution in [0.5, 0.6) is 0 Å². The number of hydrogen-bond acceptors (Lipinski definition) is 3. The summed E-state index contributed by atoms with van der Waals surface area (Å²) in [4.78, 5) is 16.2. The molecule has 3 N–H and O–H groups in total. The fourth-order valence-corrected chi connectivity index (χ4v) is 2.58. The number of anilines is 1. The Morgan fingerprint density at radius 2 is 2.12 bits per heavy atom. The Balaban J connectivity index is 0.00000338. The van der Waals surface area contributed by atoms with E-state index in [0.717, 1.165) is 47.8 Å². The van der Waals surface area contributed by atoms with Gasteiger partial charge in [-0.05, 0) is 49.8 Å². The lowest BCUT2D eigenvalue weighted by atomic mass is 10.2. The third kappa shape index (κ3) is 9.18. The van der Waals surface area contributed by atoms with Gasteiger partial charge in [0.1, 0.15) is 0 Å². The quantitative estimate of drug-likeness (QED) is 0.195. The minimum Gasteiger partial charge on any atom is -0.381 e. The van der Waals surface area contributed by atoms with Crippen LogP contribution in [0.25, 0.3) is 0 Å². The molecule has 1 amide bonds. The van der Waals surface area contributed by atoms with Crippen LogP contribution in [0.1, 0.15) is 24.8 Å².